The molecule has 3 rings (SSSR count). The smallest absolute Gasteiger partial charge is 0.207 e. The van der Waals surface area contributed by atoms with E-state index in [0.29, 0.717) is 4.90 Å². The number of hydrogen-bond donors (Lipinski definition) is 1. The summed E-state index contributed by atoms with van der Waals surface area (Å²) in [4.78, 5) is 0.314. The molecule has 0 heterocycles. The molecule has 4 heteroatoms. The fourth-order valence-electron chi connectivity index (χ4n) is 2.65. The van der Waals surface area contributed by atoms with Gasteiger partial charge >= 0.3 is 0 Å². The second kappa shape index (κ2) is 6.14. The van der Waals surface area contributed by atoms with E-state index >= 15 is 0 Å². The fraction of sp³-hybridized carbons (Fsp3) is 0.158. The van der Waals surface area contributed by atoms with E-state index in [4.69, 9.17) is 0 Å². The van der Waals surface area contributed by atoms with Crippen molar-refractivity contribution < 1.29 is 8.42 Å². The molecule has 3 aromatic carbocycles. The first-order chi connectivity index (χ1) is 11.0. The first kappa shape index (κ1) is 15.7. The minimum Gasteiger partial charge on any atom is -0.207 e. The zero-order chi connectivity index (χ0) is 16.4. The summed E-state index contributed by atoms with van der Waals surface area (Å²) in [5.74, 6) is 0. The van der Waals surface area contributed by atoms with Crippen LogP contribution in [0.1, 0.15) is 24.1 Å². The SMILES string of the molecule is Cc1ccc(C(C)NS(=O)(=O)c2cccc3ccccc23)cc1. The Kier molecular flexibility index (Phi) is 4.20. The van der Waals surface area contributed by atoms with E-state index in [-0.39, 0.29) is 6.04 Å². The maximum absolute atomic E-state index is 12.8. The highest BCUT2D eigenvalue weighted by Gasteiger charge is 2.20. The minimum atomic E-state index is -3.59. The van der Waals surface area contributed by atoms with Crippen LogP contribution in [0, 0.1) is 6.92 Å². The number of nitrogens with one attached hydrogen (secondary N) is 1. The molecule has 0 amide bonds. The van der Waals surface area contributed by atoms with E-state index in [1.54, 1.807) is 12.1 Å². The van der Waals surface area contributed by atoms with Crippen molar-refractivity contribution in [1.29, 1.82) is 0 Å². The maximum atomic E-state index is 12.8. The molecule has 1 unspecified atom stereocenters. The van der Waals surface area contributed by atoms with Gasteiger partial charge in [-0.1, -0.05) is 66.2 Å². The summed E-state index contributed by atoms with van der Waals surface area (Å²) in [5.41, 5.74) is 2.09. The third-order valence-corrected chi connectivity index (χ3v) is 5.55. The maximum Gasteiger partial charge on any atom is 0.241 e. The molecule has 0 saturated carbocycles. The van der Waals surface area contributed by atoms with Gasteiger partial charge in [0.15, 0.2) is 0 Å². The van der Waals surface area contributed by atoms with E-state index in [1.807, 2.05) is 68.4 Å². The highest BCUT2D eigenvalue weighted by molar-refractivity contribution is 7.89. The number of hydrogen-bond acceptors (Lipinski definition) is 2. The Morgan fingerprint density at radius 1 is 0.870 bits per heavy atom. The molecular weight excluding hydrogens is 306 g/mol. The molecule has 3 nitrogen and oxygen atoms in total. The first-order valence-electron chi connectivity index (χ1n) is 7.54. The van der Waals surface area contributed by atoms with E-state index < -0.39 is 10.0 Å². The van der Waals surface area contributed by atoms with Gasteiger partial charge in [0.2, 0.25) is 10.0 Å². The van der Waals surface area contributed by atoms with Gasteiger partial charge in [-0.25, -0.2) is 13.1 Å². The van der Waals surface area contributed by atoms with Crippen molar-refractivity contribution in [1.82, 2.24) is 4.72 Å². The van der Waals surface area contributed by atoms with Crippen molar-refractivity contribution >= 4 is 20.8 Å². The lowest BCUT2D eigenvalue weighted by molar-refractivity contribution is 0.568. The molecular formula is C19H19NO2S. The molecule has 0 aliphatic rings. The minimum absolute atomic E-state index is 0.292. The molecule has 1 N–H and O–H groups in total. The zero-order valence-corrected chi connectivity index (χ0v) is 14.0. The number of sulfonamides is 1. The highest BCUT2D eigenvalue weighted by atomic mass is 32.2. The average Bonchev–Trinajstić information content (AvgIpc) is 2.54. The van der Waals surface area contributed by atoms with Gasteiger partial charge in [0.05, 0.1) is 4.90 Å². The van der Waals surface area contributed by atoms with Gasteiger partial charge in [0, 0.05) is 11.4 Å². The summed E-state index contributed by atoms with van der Waals surface area (Å²) in [6.45, 7) is 3.86. The van der Waals surface area contributed by atoms with Crippen molar-refractivity contribution in [3.63, 3.8) is 0 Å². The Morgan fingerprint density at radius 3 is 2.26 bits per heavy atom. The third kappa shape index (κ3) is 3.28. The molecule has 23 heavy (non-hydrogen) atoms. The summed E-state index contributed by atoms with van der Waals surface area (Å²) in [7, 11) is -3.59. The quantitative estimate of drug-likeness (QED) is 0.782. The Bertz CT molecular complexity index is 926. The number of rotatable bonds is 4. The van der Waals surface area contributed by atoms with Crippen LogP contribution in [0.3, 0.4) is 0 Å². The summed E-state index contributed by atoms with van der Waals surface area (Å²) < 4.78 is 28.3. The fourth-order valence-corrected chi connectivity index (χ4v) is 4.11. The molecule has 0 bridgehead atoms. The van der Waals surface area contributed by atoms with E-state index in [1.165, 1.54) is 0 Å². The topological polar surface area (TPSA) is 46.2 Å². The summed E-state index contributed by atoms with van der Waals surface area (Å²) in [6.07, 6.45) is 0. The number of aryl methyl sites for hydroxylation is 1. The lowest BCUT2D eigenvalue weighted by Gasteiger charge is -2.16. The molecule has 3 aromatic rings. The van der Waals surface area contributed by atoms with Gasteiger partial charge < -0.3 is 0 Å². The predicted molar refractivity (Wildman–Crippen MR) is 93.9 cm³/mol. The Balaban J connectivity index is 1.96. The summed E-state index contributed by atoms with van der Waals surface area (Å²) in [6, 6.07) is 20.4. The predicted octanol–water partition coefficient (Wildman–Crippen LogP) is 4.19. The van der Waals surface area contributed by atoms with Crippen LogP contribution in [0.2, 0.25) is 0 Å². The van der Waals surface area contributed by atoms with Gasteiger partial charge in [-0.05, 0) is 30.9 Å². The van der Waals surface area contributed by atoms with Crippen LogP contribution in [0.15, 0.2) is 71.6 Å². The van der Waals surface area contributed by atoms with E-state index in [9.17, 15) is 8.42 Å². The van der Waals surface area contributed by atoms with Crippen molar-refractivity contribution in [2.24, 2.45) is 0 Å². The molecule has 0 saturated heterocycles. The van der Waals surface area contributed by atoms with E-state index in [2.05, 4.69) is 4.72 Å². The standard InChI is InChI=1S/C19H19NO2S/c1-14-10-12-16(13-11-14)15(2)20-23(21,22)19-9-5-7-17-6-3-4-8-18(17)19/h3-13,15,20H,1-2H3. The largest absolute Gasteiger partial charge is 0.241 e. The Morgan fingerprint density at radius 2 is 1.52 bits per heavy atom. The van der Waals surface area contributed by atoms with Gasteiger partial charge in [-0.2, -0.15) is 0 Å². The lowest BCUT2D eigenvalue weighted by atomic mass is 10.1. The third-order valence-electron chi connectivity index (χ3n) is 3.95. The second-order valence-electron chi connectivity index (χ2n) is 5.73. The van der Waals surface area contributed by atoms with Crippen LogP contribution in [0.4, 0.5) is 0 Å². The molecule has 118 valence electrons. The normalized spacial score (nSPS) is 13.1. The summed E-state index contributed by atoms with van der Waals surface area (Å²) in [5, 5.41) is 1.65. The molecule has 0 radical (unpaired) electrons. The van der Waals surface area contributed by atoms with Gasteiger partial charge in [0.1, 0.15) is 0 Å². The Hall–Kier alpha value is -2.17. The lowest BCUT2D eigenvalue weighted by Crippen LogP contribution is -2.27. The molecule has 0 fully saturated rings. The van der Waals surface area contributed by atoms with E-state index in [0.717, 1.165) is 21.9 Å². The van der Waals surface area contributed by atoms with Crippen molar-refractivity contribution in [2.75, 3.05) is 0 Å². The number of benzene rings is 3. The first-order valence-corrected chi connectivity index (χ1v) is 9.02. The van der Waals surface area contributed by atoms with Crippen LogP contribution >= 0.6 is 0 Å². The molecule has 0 aliphatic heterocycles. The van der Waals surface area contributed by atoms with Crippen LogP contribution < -0.4 is 4.72 Å². The molecule has 0 spiro atoms. The van der Waals surface area contributed by atoms with Crippen molar-refractivity contribution in [3.8, 4) is 0 Å². The van der Waals surface area contributed by atoms with Crippen LogP contribution in [-0.4, -0.2) is 8.42 Å². The zero-order valence-electron chi connectivity index (χ0n) is 13.2. The number of fused-ring (bicyclic) bond motifs is 1. The summed E-state index contributed by atoms with van der Waals surface area (Å²) >= 11 is 0. The van der Waals surface area contributed by atoms with Crippen molar-refractivity contribution in [2.45, 2.75) is 24.8 Å². The molecule has 0 aliphatic carbocycles. The van der Waals surface area contributed by atoms with Gasteiger partial charge in [-0.15, -0.1) is 0 Å². The van der Waals surface area contributed by atoms with Gasteiger partial charge in [0.25, 0.3) is 0 Å². The van der Waals surface area contributed by atoms with Gasteiger partial charge in [-0.3, -0.25) is 0 Å². The Labute approximate surface area is 137 Å². The van der Waals surface area contributed by atoms with Crippen LogP contribution in [-0.2, 0) is 10.0 Å². The molecule has 0 aromatic heterocycles. The highest BCUT2D eigenvalue weighted by Crippen LogP contribution is 2.24. The monoisotopic (exact) mass is 325 g/mol. The van der Waals surface area contributed by atoms with Crippen molar-refractivity contribution in [3.05, 3.63) is 77.9 Å². The average molecular weight is 325 g/mol. The molecule has 1 atom stereocenters. The van der Waals surface area contributed by atoms with Crippen LogP contribution in [0.25, 0.3) is 10.8 Å². The second-order valence-corrected chi connectivity index (χ2v) is 7.41. The van der Waals surface area contributed by atoms with Crippen LogP contribution in [0.5, 0.6) is 0 Å².